The topological polar surface area (TPSA) is 53.4 Å². The molecule has 0 amide bonds. The molecule has 8 heteroatoms. The first kappa shape index (κ1) is 23.2. The van der Waals surface area contributed by atoms with Gasteiger partial charge in [-0.1, -0.05) is 46.9 Å². The summed E-state index contributed by atoms with van der Waals surface area (Å²) in [5.74, 6) is 0.879. The van der Waals surface area contributed by atoms with Crippen LogP contribution in [0.2, 0.25) is 15.1 Å². The number of ketones is 1. The van der Waals surface area contributed by atoms with Crippen LogP contribution in [0.5, 0.6) is 11.5 Å². The van der Waals surface area contributed by atoms with Crippen molar-refractivity contribution >= 4 is 46.7 Å². The largest absolute Gasteiger partial charge is 0.496 e. The highest BCUT2D eigenvalue weighted by atomic mass is 35.5. The molecule has 1 aromatic heterocycles. The van der Waals surface area contributed by atoms with E-state index in [1.54, 1.807) is 36.2 Å². The number of aromatic nitrogens is 2. The molecule has 0 N–H and O–H groups in total. The number of allylic oxidation sites excluding steroid dienone is 1. The molecule has 3 aromatic rings. The fourth-order valence-corrected chi connectivity index (χ4v) is 3.94. The molecule has 162 valence electrons. The predicted octanol–water partition coefficient (Wildman–Crippen LogP) is 6.66. The summed E-state index contributed by atoms with van der Waals surface area (Å²) in [6, 6.07) is 8.68. The Labute approximate surface area is 196 Å². The lowest BCUT2D eigenvalue weighted by atomic mass is 10.1. The van der Waals surface area contributed by atoms with Crippen molar-refractivity contribution in [1.29, 1.82) is 0 Å². The number of nitrogens with zero attached hydrogens (tertiary/aromatic N) is 2. The van der Waals surface area contributed by atoms with Crippen LogP contribution >= 0.6 is 34.8 Å². The standard InChI is InChI=1S/C23H21Cl3N2O3/c1-4-28-12-18(14(2)27-28)21(29)7-5-15-6-8-22(30-3)16(9-15)13-31-23-19(25)10-17(24)11-20(23)26/h5-12H,4,13H2,1-3H3/b7-5+. The highest BCUT2D eigenvalue weighted by Gasteiger charge is 2.13. The lowest BCUT2D eigenvalue weighted by Crippen LogP contribution is -2.00. The molecule has 0 saturated carbocycles. The van der Waals surface area contributed by atoms with Gasteiger partial charge in [-0.2, -0.15) is 5.10 Å². The van der Waals surface area contributed by atoms with Gasteiger partial charge in [0.2, 0.25) is 0 Å². The molecule has 1 heterocycles. The van der Waals surface area contributed by atoms with Gasteiger partial charge in [-0.3, -0.25) is 9.48 Å². The SMILES string of the molecule is CCn1cc(C(=O)/C=C/c2ccc(OC)c(COc3c(Cl)cc(Cl)cc3Cl)c2)c(C)n1. The average Bonchev–Trinajstić information content (AvgIpc) is 3.12. The summed E-state index contributed by atoms with van der Waals surface area (Å²) in [5, 5.41) is 5.38. The van der Waals surface area contributed by atoms with Crippen molar-refractivity contribution in [2.75, 3.05) is 7.11 Å². The van der Waals surface area contributed by atoms with E-state index >= 15 is 0 Å². The van der Waals surface area contributed by atoms with Crippen LogP contribution in [0.4, 0.5) is 0 Å². The molecule has 31 heavy (non-hydrogen) atoms. The van der Waals surface area contributed by atoms with Crippen molar-refractivity contribution in [3.8, 4) is 11.5 Å². The molecule has 2 aromatic carbocycles. The highest BCUT2D eigenvalue weighted by Crippen LogP contribution is 2.36. The molecule has 0 unspecified atom stereocenters. The van der Waals surface area contributed by atoms with E-state index in [1.807, 2.05) is 32.0 Å². The number of hydrogen-bond donors (Lipinski definition) is 0. The fraction of sp³-hybridized carbons (Fsp3) is 0.217. The maximum absolute atomic E-state index is 12.6. The summed E-state index contributed by atoms with van der Waals surface area (Å²) >= 11 is 18.3. The van der Waals surface area contributed by atoms with Crippen LogP contribution < -0.4 is 9.47 Å². The molecule has 0 aliphatic rings. The van der Waals surface area contributed by atoms with E-state index in [2.05, 4.69) is 5.10 Å². The molecular formula is C23H21Cl3N2O3. The maximum Gasteiger partial charge on any atom is 0.189 e. The van der Waals surface area contributed by atoms with E-state index in [9.17, 15) is 4.79 Å². The molecule has 3 rings (SSSR count). The van der Waals surface area contributed by atoms with Gasteiger partial charge < -0.3 is 9.47 Å². The van der Waals surface area contributed by atoms with Crippen LogP contribution in [0.15, 0.2) is 42.6 Å². The summed E-state index contributed by atoms with van der Waals surface area (Å²) in [6.07, 6.45) is 5.04. The summed E-state index contributed by atoms with van der Waals surface area (Å²) in [6.45, 7) is 4.68. The van der Waals surface area contributed by atoms with Crippen LogP contribution in [0.3, 0.4) is 0 Å². The number of rotatable bonds is 8. The number of carbonyl (C=O) groups is 1. The van der Waals surface area contributed by atoms with Crippen molar-refractivity contribution < 1.29 is 14.3 Å². The van der Waals surface area contributed by atoms with Crippen LogP contribution in [0.1, 0.15) is 34.1 Å². The van der Waals surface area contributed by atoms with Gasteiger partial charge in [0.1, 0.15) is 12.4 Å². The highest BCUT2D eigenvalue weighted by molar-refractivity contribution is 6.40. The Morgan fingerprint density at radius 3 is 2.48 bits per heavy atom. The Morgan fingerprint density at radius 2 is 1.87 bits per heavy atom. The van der Waals surface area contributed by atoms with E-state index < -0.39 is 0 Å². The Kier molecular flexibility index (Phi) is 7.65. The zero-order valence-corrected chi connectivity index (χ0v) is 19.6. The Balaban J connectivity index is 1.79. The lowest BCUT2D eigenvalue weighted by molar-refractivity contribution is 0.104. The number of aryl methyl sites for hydroxylation is 2. The van der Waals surface area contributed by atoms with Crippen molar-refractivity contribution in [3.05, 3.63) is 80.1 Å². The molecule has 0 fully saturated rings. The zero-order valence-electron chi connectivity index (χ0n) is 17.3. The molecule has 0 spiro atoms. The first-order valence-corrected chi connectivity index (χ1v) is 10.7. The van der Waals surface area contributed by atoms with Gasteiger partial charge in [-0.05, 0) is 49.8 Å². The minimum Gasteiger partial charge on any atom is -0.496 e. The predicted molar refractivity (Wildman–Crippen MR) is 125 cm³/mol. The Morgan fingerprint density at radius 1 is 1.16 bits per heavy atom. The first-order chi connectivity index (χ1) is 14.8. The van der Waals surface area contributed by atoms with Crippen LogP contribution in [-0.4, -0.2) is 22.7 Å². The van der Waals surface area contributed by atoms with E-state index in [0.717, 1.165) is 11.1 Å². The van der Waals surface area contributed by atoms with Crippen LogP contribution in [-0.2, 0) is 13.2 Å². The second-order valence-corrected chi connectivity index (χ2v) is 7.99. The molecule has 0 radical (unpaired) electrons. The minimum absolute atomic E-state index is 0.106. The molecule has 0 aliphatic carbocycles. The molecule has 0 atom stereocenters. The second-order valence-electron chi connectivity index (χ2n) is 6.74. The van der Waals surface area contributed by atoms with Gasteiger partial charge in [-0.25, -0.2) is 0 Å². The van der Waals surface area contributed by atoms with Gasteiger partial charge in [0.05, 0.1) is 28.4 Å². The second kappa shape index (κ2) is 10.2. The average molecular weight is 480 g/mol. The number of halogens is 3. The number of hydrogen-bond acceptors (Lipinski definition) is 4. The van der Waals surface area contributed by atoms with E-state index in [1.165, 1.54) is 6.08 Å². The van der Waals surface area contributed by atoms with Crippen molar-refractivity contribution in [2.24, 2.45) is 0 Å². The first-order valence-electron chi connectivity index (χ1n) is 9.53. The normalized spacial score (nSPS) is 11.2. The zero-order chi connectivity index (χ0) is 22.5. The molecular weight excluding hydrogens is 459 g/mol. The van der Waals surface area contributed by atoms with Crippen LogP contribution in [0, 0.1) is 6.92 Å². The van der Waals surface area contributed by atoms with Crippen molar-refractivity contribution in [3.63, 3.8) is 0 Å². The minimum atomic E-state index is -0.106. The summed E-state index contributed by atoms with van der Waals surface area (Å²) in [7, 11) is 1.58. The van der Waals surface area contributed by atoms with Gasteiger partial charge in [-0.15, -0.1) is 0 Å². The quantitative estimate of drug-likeness (QED) is 0.268. The third-order valence-electron chi connectivity index (χ3n) is 4.60. The third-order valence-corrected chi connectivity index (χ3v) is 5.38. The number of benzene rings is 2. The summed E-state index contributed by atoms with van der Waals surface area (Å²) < 4.78 is 13.0. The summed E-state index contributed by atoms with van der Waals surface area (Å²) in [4.78, 5) is 12.6. The number of carbonyl (C=O) groups excluding carboxylic acids is 1. The van der Waals surface area contributed by atoms with Crippen molar-refractivity contribution in [1.82, 2.24) is 9.78 Å². The van der Waals surface area contributed by atoms with Gasteiger partial charge >= 0.3 is 0 Å². The monoisotopic (exact) mass is 478 g/mol. The molecule has 0 aliphatic heterocycles. The van der Waals surface area contributed by atoms with Crippen LogP contribution in [0.25, 0.3) is 6.08 Å². The van der Waals surface area contributed by atoms with Gasteiger partial charge in [0.15, 0.2) is 11.5 Å². The lowest BCUT2D eigenvalue weighted by Gasteiger charge is -2.13. The van der Waals surface area contributed by atoms with Crippen molar-refractivity contribution in [2.45, 2.75) is 27.0 Å². The van der Waals surface area contributed by atoms with E-state index in [-0.39, 0.29) is 12.4 Å². The Hall–Kier alpha value is -2.47. The van der Waals surface area contributed by atoms with Gasteiger partial charge in [0.25, 0.3) is 0 Å². The maximum atomic E-state index is 12.6. The number of methoxy groups -OCH3 is 1. The van der Waals surface area contributed by atoms with E-state index in [0.29, 0.717) is 44.4 Å². The van der Waals surface area contributed by atoms with Gasteiger partial charge in [0, 0.05) is 23.3 Å². The third kappa shape index (κ3) is 5.62. The summed E-state index contributed by atoms with van der Waals surface area (Å²) in [5.41, 5.74) is 2.88. The Bertz CT molecular complexity index is 1120. The molecule has 5 nitrogen and oxygen atoms in total. The molecule has 0 bridgehead atoms. The fourth-order valence-electron chi connectivity index (χ4n) is 3.02. The van der Waals surface area contributed by atoms with E-state index in [4.69, 9.17) is 44.3 Å². The smallest absolute Gasteiger partial charge is 0.189 e. The number of ether oxygens (including phenoxy) is 2. The molecule has 0 saturated heterocycles.